The van der Waals surface area contributed by atoms with Crippen LogP contribution in [0, 0.1) is 0 Å². The van der Waals surface area contributed by atoms with E-state index in [1.165, 1.54) is 18.2 Å². The van der Waals surface area contributed by atoms with Crippen LogP contribution in [0.2, 0.25) is 0 Å². The summed E-state index contributed by atoms with van der Waals surface area (Å²) in [6.07, 6.45) is -3.58. The molecule has 5 nitrogen and oxygen atoms in total. The van der Waals surface area contributed by atoms with E-state index in [2.05, 4.69) is 4.99 Å². The SMILES string of the molecule is NC=Nc1ccccc1OS(=O)(=O)c1ccc(C(F)(F)F)cc1. The molecule has 0 bridgehead atoms. The number of benzene rings is 2. The third-order valence-electron chi connectivity index (χ3n) is 2.75. The zero-order chi connectivity index (χ0) is 17.1. The van der Waals surface area contributed by atoms with Gasteiger partial charge in [0, 0.05) is 0 Å². The van der Waals surface area contributed by atoms with Crippen LogP contribution in [0.15, 0.2) is 58.4 Å². The molecular formula is C14H11F3N2O3S. The van der Waals surface area contributed by atoms with Crippen molar-refractivity contribution >= 4 is 22.1 Å². The Bertz CT molecular complexity index is 816. The molecule has 0 radical (unpaired) electrons. The predicted octanol–water partition coefficient (Wildman–Crippen LogP) is 3.09. The van der Waals surface area contributed by atoms with Crippen molar-refractivity contribution in [2.75, 3.05) is 0 Å². The van der Waals surface area contributed by atoms with E-state index in [9.17, 15) is 21.6 Å². The van der Waals surface area contributed by atoms with Crippen LogP contribution in [0.3, 0.4) is 0 Å². The number of nitrogens with two attached hydrogens (primary N) is 1. The molecule has 0 aliphatic carbocycles. The van der Waals surface area contributed by atoms with Gasteiger partial charge in [-0.1, -0.05) is 12.1 Å². The van der Waals surface area contributed by atoms with E-state index in [0.29, 0.717) is 12.1 Å². The number of aliphatic imine (C=N–C) groups is 1. The molecule has 0 aromatic heterocycles. The van der Waals surface area contributed by atoms with Gasteiger partial charge in [0.25, 0.3) is 0 Å². The molecule has 9 heteroatoms. The Kier molecular flexibility index (Phi) is 4.60. The zero-order valence-corrected chi connectivity index (χ0v) is 12.3. The summed E-state index contributed by atoms with van der Waals surface area (Å²) >= 11 is 0. The quantitative estimate of drug-likeness (QED) is 0.525. The molecule has 2 N–H and O–H groups in total. The average molecular weight is 344 g/mol. The highest BCUT2D eigenvalue weighted by molar-refractivity contribution is 7.87. The first-order chi connectivity index (χ1) is 10.7. The van der Waals surface area contributed by atoms with Crippen LogP contribution in [0.4, 0.5) is 18.9 Å². The first-order valence-electron chi connectivity index (χ1n) is 6.19. The maximum Gasteiger partial charge on any atom is 0.416 e. The normalized spacial score (nSPS) is 12.5. The lowest BCUT2D eigenvalue weighted by Crippen LogP contribution is -2.11. The summed E-state index contributed by atoms with van der Waals surface area (Å²) in [7, 11) is -4.30. The van der Waals surface area contributed by atoms with Gasteiger partial charge >= 0.3 is 16.3 Å². The molecule has 23 heavy (non-hydrogen) atoms. The van der Waals surface area contributed by atoms with Crippen molar-refractivity contribution in [3.8, 4) is 5.75 Å². The van der Waals surface area contributed by atoms with Crippen LogP contribution in [0.1, 0.15) is 5.56 Å². The Morgan fingerprint density at radius 1 is 1.04 bits per heavy atom. The summed E-state index contributed by atoms with van der Waals surface area (Å²) in [5.41, 5.74) is 4.38. The van der Waals surface area contributed by atoms with E-state index in [1.54, 1.807) is 6.07 Å². The molecule has 0 amide bonds. The van der Waals surface area contributed by atoms with E-state index in [4.69, 9.17) is 9.92 Å². The molecule has 0 aliphatic heterocycles. The Labute approximate surface area is 130 Å². The zero-order valence-electron chi connectivity index (χ0n) is 11.5. The minimum Gasteiger partial charge on any atom is -0.390 e. The molecular weight excluding hydrogens is 333 g/mol. The molecule has 2 rings (SSSR count). The van der Waals surface area contributed by atoms with Crippen molar-refractivity contribution in [2.45, 2.75) is 11.1 Å². The number of rotatable bonds is 4. The Balaban J connectivity index is 2.33. The molecule has 0 heterocycles. The van der Waals surface area contributed by atoms with Crippen LogP contribution in [0.5, 0.6) is 5.75 Å². The third-order valence-corrected chi connectivity index (χ3v) is 4.00. The summed E-state index contributed by atoms with van der Waals surface area (Å²) in [6.45, 7) is 0. The molecule has 0 spiro atoms. The second-order valence-electron chi connectivity index (χ2n) is 4.31. The number of hydrogen-bond acceptors (Lipinski definition) is 4. The Morgan fingerprint density at radius 2 is 1.65 bits per heavy atom. The van der Waals surface area contributed by atoms with Crippen molar-refractivity contribution in [2.24, 2.45) is 10.7 Å². The number of halogens is 3. The molecule has 0 saturated heterocycles. The van der Waals surface area contributed by atoms with Gasteiger partial charge in [0.15, 0.2) is 5.75 Å². The fourth-order valence-electron chi connectivity index (χ4n) is 1.69. The van der Waals surface area contributed by atoms with Crippen LogP contribution in [-0.2, 0) is 16.3 Å². The largest absolute Gasteiger partial charge is 0.416 e. The summed E-state index contributed by atoms with van der Waals surface area (Å²) in [5.74, 6) is -0.0888. The Hall–Kier alpha value is -2.55. The lowest BCUT2D eigenvalue weighted by atomic mass is 10.2. The molecule has 0 fully saturated rings. The van der Waals surface area contributed by atoms with Gasteiger partial charge < -0.3 is 9.92 Å². The highest BCUT2D eigenvalue weighted by atomic mass is 32.2. The summed E-state index contributed by atoms with van der Waals surface area (Å²) in [6, 6.07) is 8.93. The van der Waals surface area contributed by atoms with Crippen molar-refractivity contribution in [3.05, 3.63) is 54.1 Å². The lowest BCUT2D eigenvalue weighted by Gasteiger charge is -2.10. The van der Waals surface area contributed by atoms with E-state index >= 15 is 0 Å². The molecule has 0 saturated carbocycles. The number of alkyl halides is 3. The fraction of sp³-hybridized carbons (Fsp3) is 0.0714. The summed E-state index contributed by atoms with van der Waals surface area (Å²) < 4.78 is 66.7. The maximum atomic E-state index is 12.5. The van der Waals surface area contributed by atoms with Gasteiger partial charge in [0.1, 0.15) is 10.6 Å². The standard InChI is InChI=1S/C14H11F3N2O3S/c15-14(16,17)10-5-7-11(8-6-10)23(20,21)22-13-4-2-1-3-12(13)19-9-18/h1-9H,(H2,18,19). The third kappa shape index (κ3) is 4.01. The highest BCUT2D eigenvalue weighted by Crippen LogP contribution is 2.32. The smallest absolute Gasteiger partial charge is 0.390 e. The van der Waals surface area contributed by atoms with Crippen LogP contribution in [-0.4, -0.2) is 14.8 Å². The van der Waals surface area contributed by atoms with Crippen LogP contribution in [0.25, 0.3) is 0 Å². The summed E-state index contributed by atoms with van der Waals surface area (Å²) in [4.78, 5) is 3.34. The summed E-state index contributed by atoms with van der Waals surface area (Å²) in [5, 5.41) is 0. The molecule has 2 aromatic carbocycles. The van der Waals surface area contributed by atoms with E-state index in [-0.39, 0.29) is 11.4 Å². The van der Waals surface area contributed by atoms with Gasteiger partial charge in [0.2, 0.25) is 0 Å². The number of hydrogen-bond donors (Lipinski definition) is 1. The van der Waals surface area contributed by atoms with Gasteiger partial charge in [-0.05, 0) is 36.4 Å². The molecule has 0 atom stereocenters. The Morgan fingerprint density at radius 3 is 2.22 bits per heavy atom. The van der Waals surface area contributed by atoms with Crippen LogP contribution >= 0.6 is 0 Å². The second-order valence-corrected chi connectivity index (χ2v) is 5.85. The average Bonchev–Trinajstić information content (AvgIpc) is 2.48. The monoisotopic (exact) mass is 344 g/mol. The van der Waals surface area contributed by atoms with Crippen molar-refractivity contribution in [3.63, 3.8) is 0 Å². The minimum absolute atomic E-state index is 0.0888. The van der Waals surface area contributed by atoms with Crippen molar-refractivity contribution in [1.82, 2.24) is 0 Å². The van der Waals surface area contributed by atoms with E-state index in [1.807, 2.05) is 0 Å². The number of nitrogens with zero attached hydrogens (tertiary/aromatic N) is 1. The molecule has 2 aromatic rings. The topological polar surface area (TPSA) is 81.8 Å². The second kappa shape index (κ2) is 6.29. The van der Waals surface area contributed by atoms with Gasteiger partial charge in [-0.25, -0.2) is 4.99 Å². The molecule has 0 aliphatic rings. The molecule has 122 valence electrons. The van der Waals surface area contributed by atoms with E-state index in [0.717, 1.165) is 18.5 Å². The maximum absolute atomic E-state index is 12.5. The first-order valence-corrected chi connectivity index (χ1v) is 7.60. The predicted molar refractivity (Wildman–Crippen MR) is 78.0 cm³/mol. The lowest BCUT2D eigenvalue weighted by molar-refractivity contribution is -0.137. The molecule has 0 unspecified atom stereocenters. The van der Waals surface area contributed by atoms with Gasteiger partial charge in [0.05, 0.1) is 11.9 Å². The van der Waals surface area contributed by atoms with Crippen LogP contribution < -0.4 is 9.92 Å². The van der Waals surface area contributed by atoms with Gasteiger partial charge in [-0.2, -0.15) is 21.6 Å². The minimum atomic E-state index is -4.55. The van der Waals surface area contributed by atoms with Gasteiger partial charge in [-0.15, -0.1) is 0 Å². The van der Waals surface area contributed by atoms with Crippen molar-refractivity contribution < 1.29 is 25.8 Å². The first kappa shape index (κ1) is 16.8. The fourth-order valence-corrected chi connectivity index (χ4v) is 2.63. The highest BCUT2D eigenvalue weighted by Gasteiger charge is 2.31. The number of para-hydroxylation sites is 2. The van der Waals surface area contributed by atoms with Gasteiger partial charge in [-0.3, -0.25) is 0 Å². The van der Waals surface area contributed by atoms with E-state index < -0.39 is 26.8 Å². The van der Waals surface area contributed by atoms with Crippen molar-refractivity contribution in [1.29, 1.82) is 0 Å².